The number of rotatable bonds is 0. The maximum absolute atomic E-state index is 11.6. The first-order chi connectivity index (χ1) is 26.8. The monoisotopic (exact) mass is 740 g/mol. The van der Waals surface area contributed by atoms with Crippen LogP contribution in [-0.4, -0.2) is 30.1 Å². The first-order valence-electron chi connectivity index (χ1n) is 18.5. The SMILES string of the molecule is CC(C)(C)c1cc2cnc3ccccc3oc3ccccc3ncc3cc(C(C)(C)C)cc(cnc4ccccc4oc4ccccc4ncc(c1)c2O)c3O. The smallest absolute Gasteiger partial charge is 0.153 e. The van der Waals surface area contributed by atoms with Gasteiger partial charge in [0.15, 0.2) is 22.3 Å². The van der Waals surface area contributed by atoms with Gasteiger partial charge in [-0.05, 0) is 94.8 Å². The minimum Gasteiger partial charge on any atom is -0.507 e. The number of phenols is 2. The average Bonchev–Trinajstić information content (AvgIpc) is 3.17. The van der Waals surface area contributed by atoms with E-state index in [4.69, 9.17) is 28.8 Å². The molecule has 56 heavy (non-hydrogen) atoms. The number of nitrogens with zero attached hydrogens (tertiary/aromatic N) is 4. The quantitative estimate of drug-likeness (QED) is 0.158. The van der Waals surface area contributed by atoms with Crippen LogP contribution in [0.5, 0.6) is 11.5 Å². The van der Waals surface area contributed by atoms with E-state index >= 15 is 0 Å². The van der Waals surface area contributed by atoms with Crippen molar-refractivity contribution in [3.63, 3.8) is 0 Å². The molecule has 2 N–H and O–H groups in total. The number of para-hydroxylation sites is 8. The van der Waals surface area contributed by atoms with Gasteiger partial charge in [0.1, 0.15) is 33.6 Å². The normalized spacial score (nSPS) is 11.5. The molecule has 1 heterocycles. The Labute approximate surface area is 325 Å². The molecule has 0 aliphatic heterocycles. The molecule has 4 bridgehead atoms. The first-order valence-corrected chi connectivity index (χ1v) is 18.5. The van der Waals surface area contributed by atoms with Crippen molar-refractivity contribution in [2.24, 2.45) is 0 Å². The van der Waals surface area contributed by atoms with Crippen molar-refractivity contribution in [1.82, 2.24) is 19.9 Å². The van der Waals surface area contributed by atoms with E-state index in [1.54, 1.807) is 24.8 Å². The van der Waals surface area contributed by atoms with Crippen molar-refractivity contribution in [3.8, 4) is 11.5 Å². The van der Waals surface area contributed by atoms with E-state index in [0.29, 0.717) is 65.9 Å². The highest BCUT2D eigenvalue weighted by molar-refractivity contribution is 5.84. The van der Waals surface area contributed by atoms with Gasteiger partial charge in [-0.1, -0.05) is 90.1 Å². The van der Waals surface area contributed by atoms with E-state index in [0.717, 1.165) is 11.1 Å². The molecule has 0 atom stereocenters. The highest BCUT2D eigenvalue weighted by Gasteiger charge is 2.17. The van der Waals surface area contributed by atoms with Gasteiger partial charge in [-0.15, -0.1) is 0 Å². The summed E-state index contributed by atoms with van der Waals surface area (Å²) in [6.07, 6.45) is 6.57. The number of aromatic hydroxyl groups is 2. The van der Waals surface area contributed by atoms with Crippen LogP contribution in [0.2, 0.25) is 0 Å². The molecule has 0 spiro atoms. The Morgan fingerprint density at radius 3 is 0.839 bits per heavy atom. The molecule has 8 heteroatoms. The van der Waals surface area contributed by atoms with E-state index < -0.39 is 0 Å². The van der Waals surface area contributed by atoms with Crippen LogP contribution in [0.25, 0.3) is 65.9 Å². The van der Waals surface area contributed by atoms with Crippen LogP contribution in [0.4, 0.5) is 0 Å². The molecule has 8 nitrogen and oxygen atoms in total. The molecule has 280 valence electrons. The molecule has 0 unspecified atom stereocenters. The van der Waals surface area contributed by atoms with Crippen molar-refractivity contribution >= 4 is 65.9 Å². The molecule has 0 fully saturated rings. The molecule has 0 radical (unpaired) electrons. The van der Waals surface area contributed by atoms with Gasteiger partial charge >= 0.3 is 0 Å². The fourth-order valence-electron chi connectivity index (χ4n) is 6.01. The number of fused-ring (bicyclic) bond motifs is 8. The number of hydrogen-bond donors (Lipinski definition) is 2. The molecule has 0 saturated carbocycles. The topological polar surface area (TPSA) is 118 Å². The van der Waals surface area contributed by atoms with Crippen LogP contribution in [0.15, 0.2) is 155 Å². The Bertz CT molecular complexity index is 2560. The lowest BCUT2D eigenvalue weighted by molar-refractivity contribution is 0.485. The average molecular weight is 741 g/mol. The van der Waals surface area contributed by atoms with Crippen molar-refractivity contribution in [3.05, 3.63) is 157 Å². The summed E-state index contributed by atoms with van der Waals surface area (Å²) in [5, 5.41) is 25.3. The number of benzene rings is 6. The summed E-state index contributed by atoms with van der Waals surface area (Å²) in [6, 6.07) is 37.5. The summed E-state index contributed by atoms with van der Waals surface area (Å²) in [5.74, 6) is 0.0781. The third-order valence-electron chi connectivity index (χ3n) is 9.34. The van der Waals surface area contributed by atoms with Gasteiger partial charge in [0, 0.05) is 46.3 Å². The standard InChI is InChI=1S/C48H44N4O4/c1-47(2,3)35-23-31-27-49-37-15-7-11-19-41(37)55-43-21-13-9-17-39(43)51-29-33-25-36(48(4,5)6)26-34(46(33)54)30-52-40-18-10-14-22-44(40)56-42-20-12-8-16-38(42)50-28-32(24-35)45(31)53/h7-30,53-54H,1-6H3. The van der Waals surface area contributed by atoms with Gasteiger partial charge < -0.3 is 19.0 Å². The van der Waals surface area contributed by atoms with Crippen LogP contribution in [0.3, 0.4) is 0 Å². The zero-order chi connectivity index (χ0) is 39.5. The first kappa shape index (κ1) is 37.5. The summed E-state index contributed by atoms with van der Waals surface area (Å²) in [7, 11) is 0. The number of phenolic OH excluding ortho intramolecular Hbond substituents is 2. The molecule has 0 aliphatic carbocycles. The van der Waals surface area contributed by atoms with E-state index in [9.17, 15) is 10.2 Å². The van der Waals surface area contributed by atoms with Gasteiger partial charge in [0.2, 0.25) is 0 Å². The van der Waals surface area contributed by atoms with E-state index in [1.165, 1.54) is 0 Å². The van der Waals surface area contributed by atoms with Gasteiger partial charge in [-0.3, -0.25) is 19.9 Å². The molecule has 0 amide bonds. The van der Waals surface area contributed by atoms with Gasteiger partial charge in [-0.25, -0.2) is 0 Å². The van der Waals surface area contributed by atoms with Crippen molar-refractivity contribution in [2.45, 2.75) is 52.4 Å². The third-order valence-corrected chi connectivity index (χ3v) is 9.34. The predicted octanol–water partition coefficient (Wildman–Crippen LogP) is 12.4. The van der Waals surface area contributed by atoms with Crippen molar-refractivity contribution in [2.75, 3.05) is 0 Å². The Hall–Kier alpha value is -6.80. The minimum absolute atomic E-state index is 0.0391. The van der Waals surface area contributed by atoms with Crippen molar-refractivity contribution in [1.29, 1.82) is 0 Å². The van der Waals surface area contributed by atoms with Crippen LogP contribution in [-0.2, 0) is 10.8 Å². The third kappa shape index (κ3) is 8.45. The fraction of sp³-hybridized carbons (Fsp3) is 0.167. The molecule has 1 aromatic heterocycles. The molecule has 7 aromatic rings. The highest BCUT2D eigenvalue weighted by atomic mass is 16.3. The molecule has 0 aliphatic rings. The second kappa shape index (κ2) is 15.5. The molecular weight excluding hydrogens is 697 g/mol. The Morgan fingerprint density at radius 1 is 0.375 bits per heavy atom. The highest BCUT2D eigenvalue weighted by Crippen LogP contribution is 2.33. The minimum atomic E-state index is -0.233. The van der Waals surface area contributed by atoms with Gasteiger partial charge in [-0.2, -0.15) is 0 Å². The summed E-state index contributed by atoms with van der Waals surface area (Å²) < 4.78 is 12.9. The van der Waals surface area contributed by atoms with Crippen LogP contribution < -0.4 is 0 Å². The Balaban J connectivity index is 1.65. The summed E-state index contributed by atoms with van der Waals surface area (Å²) in [6.45, 7) is 12.7. The lowest BCUT2D eigenvalue weighted by Crippen LogP contribution is -2.10. The predicted molar refractivity (Wildman–Crippen MR) is 227 cm³/mol. The van der Waals surface area contributed by atoms with Gasteiger partial charge in [0.05, 0.1) is 0 Å². The second-order valence-electron chi connectivity index (χ2n) is 15.6. The summed E-state index contributed by atoms with van der Waals surface area (Å²) in [4.78, 5) is 19.2. The zero-order valence-electron chi connectivity index (χ0n) is 32.4. The fourth-order valence-corrected chi connectivity index (χ4v) is 6.01. The Kier molecular flexibility index (Phi) is 10.4. The summed E-state index contributed by atoms with van der Waals surface area (Å²) in [5.41, 5.74) is 5.77. The van der Waals surface area contributed by atoms with Crippen LogP contribution >= 0.6 is 0 Å². The number of aromatic nitrogens is 4. The largest absolute Gasteiger partial charge is 0.507 e. The second-order valence-corrected chi connectivity index (χ2v) is 15.6. The summed E-state index contributed by atoms with van der Waals surface area (Å²) >= 11 is 0. The number of hydrogen-bond acceptors (Lipinski definition) is 8. The van der Waals surface area contributed by atoms with E-state index in [2.05, 4.69) is 41.5 Å². The lowest BCUT2D eigenvalue weighted by atomic mass is 9.86. The Morgan fingerprint density at radius 2 is 0.607 bits per heavy atom. The maximum Gasteiger partial charge on any atom is 0.153 e. The van der Waals surface area contributed by atoms with Crippen LogP contribution in [0, 0.1) is 0 Å². The van der Waals surface area contributed by atoms with Gasteiger partial charge in [0.25, 0.3) is 0 Å². The molecule has 7 rings (SSSR count). The molecule has 6 aromatic carbocycles. The lowest BCUT2D eigenvalue weighted by Gasteiger charge is -2.19. The maximum atomic E-state index is 11.6. The van der Waals surface area contributed by atoms with E-state index in [1.807, 2.05) is 121 Å². The molecular formula is C48H44N4O4. The van der Waals surface area contributed by atoms with Crippen LogP contribution in [0.1, 0.15) is 52.7 Å². The van der Waals surface area contributed by atoms with E-state index in [-0.39, 0.29) is 22.3 Å². The molecule has 0 saturated heterocycles. The zero-order valence-corrected chi connectivity index (χ0v) is 32.4. The van der Waals surface area contributed by atoms with Crippen molar-refractivity contribution < 1.29 is 19.0 Å².